The third-order valence-electron chi connectivity index (χ3n) is 2.99. The van der Waals surface area contributed by atoms with Crippen LogP contribution in [0.3, 0.4) is 0 Å². The molecule has 0 saturated heterocycles. The molecule has 0 heterocycles. The van der Waals surface area contributed by atoms with Gasteiger partial charge < -0.3 is 10.0 Å². The number of aromatic hydroxyl groups is 1. The molecule has 1 N–H and O–H groups in total. The van der Waals surface area contributed by atoms with Crippen LogP contribution in [-0.2, 0) is 13.0 Å². The molecule has 3 nitrogen and oxygen atoms in total. The van der Waals surface area contributed by atoms with Crippen LogP contribution < -0.4 is 0 Å². The van der Waals surface area contributed by atoms with Crippen molar-refractivity contribution >= 4 is 5.78 Å². The van der Waals surface area contributed by atoms with Crippen LogP contribution in [-0.4, -0.2) is 29.9 Å². The number of hydrogen-bond donors (Lipinski definition) is 1. The van der Waals surface area contributed by atoms with Crippen LogP contribution in [0.25, 0.3) is 0 Å². The minimum absolute atomic E-state index is 0.00116. The van der Waals surface area contributed by atoms with Gasteiger partial charge in [0.25, 0.3) is 0 Å². The lowest BCUT2D eigenvalue weighted by Gasteiger charge is -2.17. The highest BCUT2D eigenvalue weighted by Crippen LogP contribution is 2.29. The Morgan fingerprint density at radius 3 is 2.44 bits per heavy atom. The van der Waals surface area contributed by atoms with E-state index < -0.39 is 0 Å². The Labute approximate surface area is 109 Å². The summed E-state index contributed by atoms with van der Waals surface area (Å²) in [6.07, 6.45) is 2.18. The molecule has 1 aromatic carbocycles. The van der Waals surface area contributed by atoms with Crippen molar-refractivity contribution in [2.24, 2.45) is 0 Å². The topological polar surface area (TPSA) is 40.5 Å². The van der Waals surface area contributed by atoms with E-state index in [0.717, 1.165) is 30.5 Å². The van der Waals surface area contributed by atoms with Crippen LogP contribution in [0.5, 0.6) is 5.75 Å². The molecule has 0 aliphatic carbocycles. The molecule has 1 aromatic rings. The number of phenols is 1. The number of hydrogen-bond acceptors (Lipinski definition) is 3. The standard InChI is InChI=1S/C15H23NO2/c1-5-7-12-11(10-16(3)4)8-9-13(15(12)18)14(17)6-2/h8-9,18H,5-7,10H2,1-4H3. The van der Waals surface area contributed by atoms with E-state index in [-0.39, 0.29) is 11.5 Å². The third-order valence-corrected chi connectivity index (χ3v) is 2.99. The van der Waals surface area contributed by atoms with E-state index in [1.54, 1.807) is 6.07 Å². The molecule has 100 valence electrons. The van der Waals surface area contributed by atoms with Crippen LogP contribution in [0.15, 0.2) is 12.1 Å². The summed E-state index contributed by atoms with van der Waals surface area (Å²) < 4.78 is 0. The molecule has 0 amide bonds. The average Bonchev–Trinajstić information content (AvgIpc) is 2.32. The molecule has 0 aliphatic heterocycles. The maximum absolute atomic E-state index is 11.8. The molecule has 0 fully saturated rings. The monoisotopic (exact) mass is 249 g/mol. The molecule has 18 heavy (non-hydrogen) atoms. The van der Waals surface area contributed by atoms with E-state index in [1.807, 2.05) is 27.1 Å². The average molecular weight is 249 g/mol. The van der Waals surface area contributed by atoms with Crippen LogP contribution in [0.2, 0.25) is 0 Å². The van der Waals surface area contributed by atoms with Gasteiger partial charge in [-0.25, -0.2) is 0 Å². The van der Waals surface area contributed by atoms with E-state index in [4.69, 9.17) is 0 Å². The molecule has 0 aliphatic rings. The largest absolute Gasteiger partial charge is 0.507 e. The second-order valence-electron chi connectivity index (χ2n) is 4.86. The lowest BCUT2D eigenvalue weighted by atomic mass is 9.95. The van der Waals surface area contributed by atoms with Crippen molar-refractivity contribution in [2.45, 2.75) is 39.7 Å². The Morgan fingerprint density at radius 1 is 1.28 bits per heavy atom. The highest BCUT2D eigenvalue weighted by molar-refractivity contribution is 5.98. The van der Waals surface area contributed by atoms with Gasteiger partial charge in [-0.15, -0.1) is 0 Å². The molecule has 0 atom stereocenters. The summed E-state index contributed by atoms with van der Waals surface area (Å²) in [6, 6.07) is 3.72. The lowest BCUT2D eigenvalue weighted by molar-refractivity contribution is 0.0985. The fourth-order valence-corrected chi connectivity index (χ4v) is 2.11. The molecule has 3 heteroatoms. The van der Waals surface area contributed by atoms with Gasteiger partial charge in [-0.2, -0.15) is 0 Å². The quantitative estimate of drug-likeness (QED) is 0.788. The van der Waals surface area contributed by atoms with Crippen molar-refractivity contribution in [3.05, 3.63) is 28.8 Å². The van der Waals surface area contributed by atoms with Crippen molar-refractivity contribution in [1.82, 2.24) is 4.90 Å². The first kappa shape index (κ1) is 14.7. The number of benzene rings is 1. The van der Waals surface area contributed by atoms with E-state index in [9.17, 15) is 9.90 Å². The van der Waals surface area contributed by atoms with Crippen LogP contribution in [0, 0.1) is 0 Å². The Bertz CT molecular complexity index is 425. The SMILES string of the molecule is CCCc1c(CN(C)C)ccc(C(=O)CC)c1O. The van der Waals surface area contributed by atoms with E-state index in [0.29, 0.717) is 12.0 Å². The second-order valence-corrected chi connectivity index (χ2v) is 4.86. The van der Waals surface area contributed by atoms with Gasteiger partial charge in [0.1, 0.15) is 5.75 Å². The zero-order valence-electron chi connectivity index (χ0n) is 11.8. The summed E-state index contributed by atoms with van der Waals surface area (Å²) >= 11 is 0. The van der Waals surface area contributed by atoms with Crippen molar-refractivity contribution < 1.29 is 9.90 Å². The number of nitrogens with zero attached hydrogens (tertiary/aromatic N) is 1. The molecule has 0 aromatic heterocycles. The summed E-state index contributed by atoms with van der Waals surface area (Å²) in [7, 11) is 4.00. The fraction of sp³-hybridized carbons (Fsp3) is 0.533. The fourth-order valence-electron chi connectivity index (χ4n) is 2.11. The van der Waals surface area contributed by atoms with Gasteiger partial charge in [0.05, 0.1) is 5.56 Å². The van der Waals surface area contributed by atoms with Gasteiger partial charge in [0, 0.05) is 13.0 Å². The molecule has 0 bridgehead atoms. The van der Waals surface area contributed by atoms with Gasteiger partial charge in [0.15, 0.2) is 5.78 Å². The maximum atomic E-state index is 11.8. The van der Waals surface area contributed by atoms with Crippen molar-refractivity contribution in [1.29, 1.82) is 0 Å². The number of carbonyl (C=O) groups excluding carboxylic acids is 1. The normalized spacial score (nSPS) is 10.9. The Kier molecular flexibility index (Phi) is 5.35. The van der Waals surface area contributed by atoms with Crippen molar-refractivity contribution in [2.75, 3.05) is 14.1 Å². The molecule has 0 unspecified atom stereocenters. The minimum atomic E-state index is 0.00116. The van der Waals surface area contributed by atoms with Crippen LogP contribution >= 0.6 is 0 Å². The highest BCUT2D eigenvalue weighted by atomic mass is 16.3. The Morgan fingerprint density at radius 2 is 1.94 bits per heavy atom. The number of phenolic OH excluding ortho intramolecular Hbond substituents is 1. The first-order chi connectivity index (χ1) is 8.51. The van der Waals surface area contributed by atoms with Gasteiger partial charge in [-0.1, -0.05) is 26.3 Å². The van der Waals surface area contributed by atoms with Gasteiger partial charge in [-0.3, -0.25) is 4.79 Å². The lowest BCUT2D eigenvalue weighted by Crippen LogP contribution is -2.13. The van der Waals surface area contributed by atoms with Gasteiger partial charge in [-0.05, 0) is 37.7 Å². The Balaban J connectivity index is 3.23. The molecular formula is C15H23NO2. The number of Topliss-reactive ketones (excluding diaryl/α,β-unsaturated/α-hetero) is 1. The molecule has 0 saturated carbocycles. The smallest absolute Gasteiger partial charge is 0.166 e. The Hall–Kier alpha value is -1.35. The third kappa shape index (κ3) is 3.33. The zero-order chi connectivity index (χ0) is 13.7. The molecule has 0 spiro atoms. The second kappa shape index (κ2) is 6.55. The maximum Gasteiger partial charge on any atom is 0.166 e. The molecular weight excluding hydrogens is 226 g/mol. The summed E-state index contributed by atoms with van der Waals surface area (Å²) in [4.78, 5) is 13.8. The van der Waals surface area contributed by atoms with Crippen molar-refractivity contribution in [3.63, 3.8) is 0 Å². The highest BCUT2D eigenvalue weighted by Gasteiger charge is 2.16. The summed E-state index contributed by atoms with van der Waals surface area (Å²) in [5.41, 5.74) is 2.49. The number of carbonyl (C=O) groups is 1. The van der Waals surface area contributed by atoms with E-state index in [2.05, 4.69) is 11.8 Å². The van der Waals surface area contributed by atoms with Crippen molar-refractivity contribution in [3.8, 4) is 5.75 Å². The number of ketones is 1. The zero-order valence-corrected chi connectivity index (χ0v) is 11.8. The summed E-state index contributed by atoms with van der Waals surface area (Å²) in [5.74, 6) is 0.185. The van der Waals surface area contributed by atoms with Gasteiger partial charge >= 0.3 is 0 Å². The minimum Gasteiger partial charge on any atom is -0.507 e. The predicted octanol–water partition coefficient (Wildman–Crippen LogP) is 3.00. The number of rotatable bonds is 6. The first-order valence-corrected chi connectivity index (χ1v) is 6.52. The van der Waals surface area contributed by atoms with Gasteiger partial charge in [0.2, 0.25) is 0 Å². The summed E-state index contributed by atoms with van der Waals surface area (Å²) in [6.45, 7) is 4.67. The van der Waals surface area contributed by atoms with E-state index >= 15 is 0 Å². The molecule has 1 rings (SSSR count). The predicted molar refractivity (Wildman–Crippen MR) is 74.1 cm³/mol. The van der Waals surface area contributed by atoms with Crippen LogP contribution in [0.4, 0.5) is 0 Å². The van der Waals surface area contributed by atoms with E-state index in [1.165, 1.54) is 0 Å². The van der Waals surface area contributed by atoms with Crippen LogP contribution in [0.1, 0.15) is 48.2 Å². The summed E-state index contributed by atoms with van der Waals surface area (Å²) in [5, 5.41) is 10.3. The first-order valence-electron chi connectivity index (χ1n) is 6.52. The molecule has 0 radical (unpaired) electrons.